The molecule has 1 fully saturated rings. The van der Waals surface area contributed by atoms with Gasteiger partial charge in [0.15, 0.2) is 0 Å². The van der Waals surface area contributed by atoms with Crippen LogP contribution in [-0.2, 0) is 13.0 Å². The lowest BCUT2D eigenvalue weighted by Crippen LogP contribution is -2.19. The second-order valence-corrected chi connectivity index (χ2v) is 6.27. The van der Waals surface area contributed by atoms with E-state index >= 15 is 0 Å². The van der Waals surface area contributed by atoms with Crippen LogP contribution in [0.5, 0.6) is 0 Å². The highest BCUT2D eigenvalue weighted by Gasteiger charge is 2.20. The molecule has 1 aromatic heterocycles. The number of nitrogens with zero attached hydrogens (tertiary/aromatic N) is 2. The van der Waals surface area contributed by atoms with Crippen LogP contribution in [0.3, 0.4) is 0 Å². The lowest BCUT2D eigenvalue weighted by Gasteiger charge is -2.07. The molecule has 21 heavy (non-hydrogen) atoms. The first kappa shape index (κ1) is 14.3. The smallest absolute Gasteiger partial charge is 0.0662 e. The standard InChI is InChI=1S/C18H25N3/c1-13-5-4-6-16(11-13)12-21-15(3)18(14(2)20-21)9-10-19-17-7-8-17/h4-6,11,17,19H,7-10,12H2,1-3H3. The Balaban J connectivity index is 1.70. The highest BCUT2D eigenvalue weighted by molar-refractivity contribution is 5.27. The Morgan fingerprint density at radius 1 is 1.24 bits per heavy atom. The molecule has 0 bridgehead atoms. The maximum Gasteiger partial charge on any atom is 0.0662 e. The van der Waals surface area contributed by atoms with Crippen molar-refractivity contribution >= 4 is 0 Å². The van der Waals surface area contributed by atoms with E-state index in [0.29, 0.717) is 0 Å². The number of hydrogen-bond donors (Lipinski definition) is 1. The van der Waals surface area contributed by atoms with Gasteiger partial charge in [0.2, 0.25) is 0 Å². The third kappa shape index (κ3) is 3.53. The fraction of sp³-hybridized carbons (Fsp3) is 0.500. The monoisotopic (exact) mass is 283 g/mol. The molecule has 1 saturated carbocycles. The van der Waals surface area contributed by atoms with E-state index in [4.69, 9.17) is 5.10 Å². The molecular weight excluding hydrogens is 258 g/mol. The SMILES string of the molecule is Cc1cccc(Cn2nc(C)c(CCNC3CC3)c2C)c1. The van der Waals surface area contributed by atoms with Gasteiger partial charge in [0, 0.05) is 11.7 Å². The number of hydrogen-bond acceptors (Lipinski definition) is 2. The Labute approximate surface area is 127 Å². The molecule has 1 N–H and O–H groups in total. The molecule has 1 aromatic carbocycles. The van der Waals surface area contributed by atoms with E-state index < -0.39 is 0 Å². The number of benzene rings is 1. The van der Waals surface area contributed by atoms with Gasteiger partial charge in [-0.15, -0.1) is 0 Å². The van der Waals surface area contributed by atoms with Gasteiger partial charge >= 0.3 is 0 Å². The van der Waals surface area contributed by atoms with Crippen LogP contribution in [0.25, 0.3) is 0 Å². The number of aromatic nitrogens is 2. The molecule has 0 saturated heterocycles. The normalized spacial score (nSPS) is 14.6. The zero-order chi connectivity index (χ0) is 14.8. The van der Waals surface area contributed by atoms with Crippen LogP contribution in [0.4, 0.5) is 0 Å². The average Bonchev–Trinajstić information content (AvgIpc) is 3.22. The summed E-state index contributed by atoms with van der Waals surface area (Å²) in [7, 11) is 0. The molecule has 3 rings (SSSR count). The Morgan fingerprint density at radius 2 is 2.05 bits per heavy atom. The van der Waals surface area contributed by atoms with Gasteiger partial charge in [0.05, 0.1) is 12.2 Å². The van der Waals surface area contributed by atoms with Gasteiger partial charge in [-0.25, -0.2) is 0 Å². The summed E-state index contributed by atoms with van der Waals surface area (Å²) in [5.41, 5.74) is 6.53. The van der Waals surface area contributed by atoms with Gasteiger partial charge in [0.25, 0.3) is 0 Å². The Kier molecular flexibility index (Phi) is 4.11. The minimum atomic E-state index is 0.785. The fourth-order valence-corrected chi connectivity index (χ4v) is 2.92. The maximum absolute atomic E-state index is 4.74. The van der Waals surface area contributed by atoms with E-state index in [1.165, 1.54) is 40.9 Å². The van der Waals surface area contributed by atoms with Crippen LogP contribution in [0, 0.1) is 20.8 Å². The highest BCUT2D eigenvalue weighted by Crippen LogP contribution is 2.19. The lowest BCUT2D eigenvalue weighted by molar-refractivity contribution is 0.654. The van der Waals surface area contributed by atoms with Gasteiger partial charge in [-0.05, 0) is 57.7 Å². The zero-order valence-electron chi connectivity index (χ0n) is 13.3. The van der Waals surface area contributed by atoms with Gasteiger partial charge < -0.3 is 5.32 Å². The molecule has 0 atom stereocenters. The van der Waals surface area contributed by atoms with Crippen molar-refractivity contribution in [3.63, 3.8) is 0 Å². The largest absolute Gasteiger partial charge is 0.314 e. The zero-order valence-corrected chi connectivity index (χ0v) is 13.3. The minimum Gasteiger partial charge on any atom is -0.314 e. The van der Waals surface area contributed by atoms with Gasteiger partial charge in [0.1, 0.15) is 0 Å². The van der Waals surface area contributed by atoms with Crippen molar-refractivity contribution in [2.24, 2.45) is 0 Å². The van der Waals surface area contributed by atoms with Crippen molar-refractivity contribution in [2.75, 3.05) is 6.54 Å². The van der Waals surface area contributed by atoms with Crippen molar-refractivity contribution in [3.8, 4) is 0 Å². The van der Waals surface area contributed by atoms with Crippen molar-refractivity contribution in [1.82, 2.24) is 15.1 Å². The quantitative estimate of drug-likeness (QED) is 0.882. The summed E-state index contributed by atoms with van der Waals surface area (Å²) in [6, 6.07) is 9.46. The maximum atomic E-state index is 4.74. The van der Waals surface area contributed by atoms with Gasteiger partial charge in [-0.2, -0.15) is 5.10 Å². The van der Waals surface area contributed by atoms with Gasteiger partial charge in [-0.3, -0.25) is 4.68 Å². The summed E-state index contributed by atoms with van der Waals surface area (Å²) in [5.74, 6) is 0. The molecule has 2 aromatic rings. The first-order valence-corrected chi connectivity index (χ1v) is 7.95. The highest BCUT2D eigenvalue weighted by atomic mass is 15.3. The molecule has 0 unspecified atom stereocenters. The topological polar surface area (TPSA) is 29.9 Å². The van der Waals surface area contributed by atoms with Crippen LogP contribution in [0.15, 0.2) is 24.3 Å². The van der Waals surface area contributed by atoms with E-state index in [2.05, 4.69) is 55.0 Å². The molecular formula is C18H25N3. The number of aryl methyl sites for hydroxylation is 2. The first-order valence-electron chi connectivity index (χ1n) is 7.95. The van der Waals surface area contributed by atoms with Crippen LogP contribution < -0.4 is 5.32 Å². The van der Waals surface area contributed by atoms with E-state index in [1.54, 1.807) is 0 Å². The molecule has 3 nitrogen and oxygen atoms in total. The average molecular weight is 283 g/mol. The first-order chi connectivity index (χ1) is 10.1. The summed E-state index contributed by atoms with van der Waals surface area (Å²) >= 11 is 0. The van der Waals surface area contributed by atoms with Crippen LogP contribution in [0.2, 0.25) is 0 Å². The van der Waals surface area contributed by atoms with E-state index in [0.717, 1.165) is 25.6 Å². The van der Waals surface area contributed by atoms with Crippen molar-refractivity contribution in [1.29, 1.82) is 0 Å². The summed E-state index contributed by atoms with van der Waals surface area (Å²) < 4.78 is 2.15. The molecule has 1 aliphatic rings. The van der Waals surface area contributed by atoms with Crippen LogP contribution in [0.1, 0.15) is 40.9 Å². The molecule has 0 amide bonds. The third-order valence-electron chi connectivity index (χ3n) is 4.33. The molecule has 1 aliphatic carbocycles. The van der Waals surface area contributed by atoms with E-state index in [1.807, 2.05) is 0 Å². The second kappa shape index (κ2) is 6.02. The summed E-state index contributed by atoms with van der Waals surface area (Å²) in [4.78, 5) is 0. The van der Waals surface area contributed by atoms with Gasteiger partial charge in [-0.1, -0.05) is 29.8 Å². The summed E-state index contributed by atoms with van der Waals surface area (Å²) in [6.45, 7) is 8.40. The van der Waals surface area contributed by atoms with E-state index in [-0.39, 0.29) is 0 Å². The molecule has 112 valence electrons. The molecule has 3 heteroatoms. The van der Waals surface area contributed by atoms with Crippen molar-refractivity contribution in [3.05, 3.63) is 52.3 Å². The Hall–Kier alpha value is -1.61. The predicted octanol–water partition coefficient (Wildman–Crippen LogP) is 3.15. The minimum absolute atomic E-state index is 0.785. The lowest BCUT2D eigenvalue weighted by atomic mass is 10.1. The Bertz CT molecular complexity index is 623. The summed E-state index contributed by atoms with van der Waals surface area (Å²) in [6.07, 6.45) is 3.79. The van der Waals surface area contributed by atoms with Crippen LogP contribution >= 0.6 is 0 Å². The van der Waals surface area contributed by atoms with Crippen molar-refractivity contribution < 1.29 is 0 Å². The summed E-state index contributed by atoms with van der Waals surface area (Å²) in [5, 5.41) is 8.33. The molecule has 1 heterocycles. The fourth-order valence-electron chi connectivity index (χ4n) is 2.92. The third-order valence-corrected chi connectivity index (χ3v) is 4.33. The Morgan fingerprint density at radius 3 is 2.76 bits per heavy atom. The molecule has 0 radical (unpaired) electrons. The van der Waals surface area contributed by atoms with Crippen LogP contribution in [-0.4, -0.2) is 22.4 Å². The predicted molar refractivity (Wildman–Crippen MR) is 86.7 cm³/mol. The molecule has 0 aliphatic heterocycles. The molecule has 0 spiro atoms. The van der Waals surface area contributed by atoms with Crippen molar-refractivity contribution in [2.45, 2.75) is 52.6 Å². The van der Waals surface area contributed by atoms with E-state index in [9.17, 15) is 0 Å². The second-order valence-electron chi connectivity index (χ2n) is 6.27. The number of nitrogens with one attached hydrogen (secondary N) is 1. The number of rotatable bonds is 6.